The molecule has 0 aliphatic carbocycles. The fourth-order valence-electron chi connectivity index (χ4n) is 0.871. The van der Waals surface area contributed by atoms with Crippen molar-refractivity contribution >= 4 is 11.9 Å². The maximum Gasteiger partial charge on any atom is 0.306 e. The first-order valence-corrected chi connectivity index (χ1v) is 3.15. The van der Waals surface area contributed by atoms with E-state index >= 15 is 0 Å². The molecule has 0 aromatic heterocycles. The zero-order valence-corrected chi connectivity index (χ0v) is 5.72. The Morgan fingerprint density at radius 3 is 2.90 bits per heavy atom. The Hall–Kier alpha value is -1.06. The molecule has 4 nitrogen and oxygen atoms in total. The first-order valence-electron chi connectivity index (χ1n) is 3.15. The van der Waals surface area contributed by atoms with Crippen LogP contribution in [0, 0.1) is 0 Å². The maximum atomic E-state index is 10.8. The van der Waals surface area contributed by atoms with Crippen LogP contribution in [0.25, 0.3) is 0 Å². The second-order valence-electron chi connectivity index (χ2n) is 2.13. The van der Waals surface area contributed by atoms with Crippen molar-refractivity contribution in [3.05, 3.63) is 0 Å². The van der Waals surface area contributed by atoms with Gasteiger partial charge in [-0.05, 0) is 0 Å². The summed E-state index contributed by atoms with van der Waals surface area (Å²) in [6.45, 7) is 0. The van der Waals surface area contributed by atoms with Crippen LogP contribution < -0.4 is 5.32 Å². The molecule has 0 bridgehead atoms. The van der Waals surface area contributed by atoms with Crippen LogP contribution in [0.1, 0.15) is 12.8 Å². The number of rotatable bonds is 1. The van der Waals surface area contributed by atoms with Crippen LogP contribution in [0.2, 0.25) is 0 Å². The summed E-state index contributed by atoms with van der Waals surface area (Å²) in [5.41, 5.74) is 0. The lowest BCUT2D eigenvalue weighted by Crippen LogP contribution is -2.31. The minimum Gasteiger partial charge on any atom is -0.452 e. The summed E-state index contributed by atoms with van der Waals surface area (Å²) in [5, 5.41) is 2.41. The zero-order chi connectivity index (χ0) is 7.56. The SMILES string of the molecule is CNC(=O)[C@H]1CCC(=O)O1. The van der Waals surface area contributed by atoms with E-state index in [0.29, 0.717) is 12.8 Å². The standard InChI is InChI=1S/C6H9NO3/c1-7-6(9)4-2-3-5(8)10-4/h4H,2-3H2,1H3,(H,7,9)/t4-/m1/s1. The highest BCUT2D eigenvalue weighted by atomic mass is 16.6. The van der Waals surface area contributed by atoms with Crippen LogP contribution in [0.3, 0.4) is 0 Å². The van der Waals surface area contributed by atoms with Gasteiger partial charge in [0, 0.05) is 19.9 Å². The van der Waals surface area contributed by atoms with Gasteiger partial charge in [0.25, 0.3) is 5.91 Å². The minimum absolute atomic E-state index is 0.217. The molecule has 1 saturated heterocycles. The van der Waals surface area contributed by atoms with Gasteiger partial charge in [0.15, 0.2) is 6.10 Å². The van der Waals surface area contributed by atoms with Gasteiger partial charge in [0.05, 0.1) is 0 Å². The largest absolute Gasteiger partial charge is 0.452 e. The van der Waals surface area contributed by atoms with E-state index in [9.17, 15) is 9.59 Å². The second-order valence-corrected chi connectivity index (χ2v) is 2.13. The zero-order valence-electron chi connectivity index (χ0n) is 5.72. The molecular weight excluding hydrogens is 134 g/mol. The maximum absolute atomic E-state index is 10.8. The fraction of sp³-hybridized carbons (Fsp3) is 0.667. The van der Waals surface area contributed by atoms with Crippen LogP contribution in [0.5, 0.6) is 0 Å². The van der Waals surface area contributed by atoms with Crippen LogP contribution >= 0.6 is 0 Å². The van der Waals surface area contributed by atoms with Gasteiger partial charge < -0.3 is 10.1 Å². The second kappa shape index (κ2) is 2.68. The number of nitrogens with one attached hydrogen (secondary N) is 1. The van der Waals surface area contributed by atoms with Crippen molar-refractivity contribution in [2.24, 2.45) is 0 Å². The lowest BCUT2D eigenvalue weighted by Gasteiger charge is -2.05. The summed E-state index contributed by atoms with van der Waals surface area (Å²) in [6.07, 6.45) is 0.328. The molecule has 1 amide bonds. The molecule has 4 heteroatoms. The molecule has 1 aliphatic heterocycles. The van der Waals surface area contributed by atoms with Gasteiger partial charge in [-0.15, -0.1) is 0 Å². The third-order valence-electron chi connectivity index (χ3n) is 1.42. The van der Waals surface area contributed by atoms with Crippen LogP contribution in [-0.2, 0) is 14.3 Å². The highest BCUT2D eigenvalue weighted by molar-refractivity contribution is 5.86. The van der Waals surface area contributed by atoms with E-state index in [0.717, 1.165) is 0 Å². The molecule has 0 unspecified atom stereocenters. The topological polar surface area (TPSA) is 55.4 Å². The Balaban J connectivity index is 2.44. The van der Waals surface area contributed by atoms with E-state index < -0.39 is 6.10 Å². The van der Waals surface area contributed by atoms with E-state index in [-0.39, 0.29) is 11.9 Å². The Kier molecular flexibility index (Phi) is 1.89. The van der Waals surface area contributed by atoms with Gasteiger partial charge in [-0.1, -0.05) is 0 Å². The molecule has 0 aromatic rings. The van der Waals surface area contributed by atoms with Crippen LogP contribution in [0.15, 0.2) is 0 Å². The van der Waals surface area contributed by atoms with Crippen molar-refractivity contribution in [1.29, 1.82) is 0 Å². The van der Waals surface area contributed by atoms with Gasteiger partial charge >= 0.3 is 5.97 Å². The summed E-state index contributed by atoms with van der Waals surface area (Å²) in [4.78, 5) is 21.2. The van der Waals surface area contributed by atoms with Gasteiger partial charge in [-0.25, -0.2) is 0 Å². The number of hydrogen-bond donors (Lipinski definition) is 1. The van der Waals surface area contributed by atoms with Gasteiger partial charge in [0.1, 0.15) is 0 Å². The lowest BCUT2D eigenvalue weighted by molar-refractivity contribution is -0.147. The smallest absolute Gasteiger partial charge is 0.306 e. The molecule has 0 aromatic carbocycles. The number of hydrogen-bond acceptors (Lipinski definition) is 3. The summed E-state index contributed by atoms with van der Waals surface area (Å²) in [6, 6.07) is 0. The monoisotopic (exact) mass is 143 g/mol. The number of esters is 1. The quantitative estimate of drug-likeness (QED) is 0.500. The van der Waals surface area contributed by atoms with Crippen molar-refractivity contribution in [1.82, 2.24) is 5.32 Å². The van der Waals surface area contributed by atoms with Crippen molar-refractivity contribution in [2.75, 3.05) is 7.05 Å². The normalized spacial score (nSPS) is 24.1. The van der Waals surface area contributed by atoms with E-state index in [1.54, 1.807) is 0 Å². The van der Waals surface area contributed by atoms with Gasteiger partial charge in [-0.3, -0.25) is 9.59 Å². The number of cyclic esters (lactones) is 1. The molecule has 0 spiro atoms. The third kappa shape index (κ3) is 1.26. The average molecular weight is 143 g/mol. The molecule has 1 aliphatic rings. The molecule has 1 N–H and O–H groups in total. The van der Waals surface area contributed by atoms with Gasteiger partial charge in [-0.2, -0.15) is 0 Å². The Morgan fingerprint density at radius 2 is 2.50 bits per heavy atom. The van der Waals surface area contributed by atoms with E-state index in [2.05, 4.69) is 10.1 Å². The fourth-order valence-corrected chi connectivity index (χ4v) is 0.871. The molecule has 0 saturated carbocycles. The van der Waals surface area contributed by atoms with Crippen molar-refractivity contribution < 1.29 is 14.3 Å². The Labute approximate surface area is 58.5 Å². The summed E-state index contributed by atoms with van der Waals surface area (Å²) in [7, 11) is 1.52. The number of likely N-dealkylation sites (N-methyl/N-ethyl adjacent to an activating group) is 1. The van der Waals surface area contributed by atoms with Crippen molar-refractivity contribution in [3.8, 4) is 0 Å². The number of carbonyl (C=O) groups excluding carboxylic acids is 2. The number of amides is 1. The summed E-state index contributed by atoms with van der Waals surface area (Å²) < 4.78 is 4.66. The highest BCUT2D eigenvalue weighted by Gasteiger charge is 2.28. The lowest BCUT2D eigenvalue weighted by atomic mass is 10.2. The summed E-state index contributed by atoms with van der Waals surface area (Å²) in [5.74, 6) is -0.501. The molecular formula is C6H9NO3. The average Bonchev–Trinajstić information content (AvgIpc) is 2.34. The van der Waals surface area contributed by atoms with Crippen LogP contribution in [0.4, 0.5) is 0 Å². The first kappa shape index (κ1) is 7.05. The Bertz CT molecular complexity index is 166. The number of ether oxygens (including phenoxy) is 1. The van der Waals surface area contributed by atoms with E-state index in [1.165, 1.54) is 7.05 Å². The predicted octanol–water partition coefficient (Wildman–Crippen LogP) is -0.562. The van der Waals surface area contributed by atoms with E-state index in [4.69, 9.17) is 0 Å². The molecule has 56 valence electrons. The van der Waals surface area contributed by atoms with Gasteiger partial charge in [0.2, 0.25) is 0 Å². The third-order valence-corrected chi connectivity index (χ3v) is 1.42. The highest BCUT2D eigenvalue weighted by Crippen LogP contribution is 2.12. The predicted molar refractivity (Wildman–Crippen MR) is 33.2 cm³/mol. The number of carbonyl (C=O) groups is 2. The molecule has 0 radical (unpaired) electrons. The molecule has 1 heterocycles. The van der Waals surface area contributed by atoms with E-state index in [1.807, 2.05) is 0 Å². The minimum atomic E-state index is -0.544. The Morgan fingerprint density at radius 1 is 1.80 bits per heavy atom. The molecule has 1 fully saturated rings. The summed E-state index contributed by atoms with van der Waals surface area (Å²) >= 11 is 0. The first-order chi connectivity index (χ1) is 4.74. The van der Waals surface area contributed by atoms with Crippen molar-refractivity contribution in [3.63, 3.8) is 0 Å². The van der Waals surface area contributed by atoms with Crippen LogP contribution in [-0.4, -0.2) is 25.0 Å². The molecule has 10 heavy (non-hydrogen) atoms. The molecule has 1 atom stereocenters. The molecule has 1 rings (SSSR count). The van der Waals surface area contributed by atoms with Crippen molar-refractivity contribution in [2.45, 2.75) is 18.9 Å².